The lowest BCUT2D eigenvalue weighted by atomic mass is 10.1. The van der Waals surface area contributed by atoms with Gasteiger partial charge >= 0.3 is 0 Å². The third-order valence-corrected chi connectivity index (χ3v) is 3.70. The molecule has 0 aromatic heterocycles. The Morgan fingerprint density at radius 3 is 2.85 bits per heavy atom. The molecule has 2 rings (SSSR count). The fourth-order valence-corrected chi connectivity index (χ4v) is 2.83. The van der Waals surface area contributed by atoms with Crippen LogP contribution in [0.3, 0.4) is 0 Å². The molecule has 2 heteroatoms. The zero-order valence-corrected chi connectivity index (χ0v) is 8.52. The van der Waals surface area contributed by atoms with Crippen LogP contribution in [-0.2, 0) is 0 Å². The minimum atomic E-state index is 0.705. The molecule has 0 amide bonds. The number of hydrogen-bond acceptors (Lipinski definition) is 2. The predicted octanol–water partition coefficient (Wildman–Crippen LogP) is 2.45. The molecule has 1 aromatic carbocycles. The highest BCUT2D eigenvalue weighted by Crippen LogP contribution is 2.32. The maximum atomic E-state index is 3.43. The summed E-state index contributed by atoms with van der Waals surface area (Å²) in [4.78, 5) is 0. The van der Waals surface area contributed by atoms with Crippen molar-refractivity contribution in [1.82, 2.24) is 5.32 Å². The first-order chi connectivity index (χ1) is 6.47. The van der Waals surface area contributed by atoms with Crippen molar-refractivity contribution in [3.8, 4) is 0 Å². The van der Waals surface area contributed by atoms with Crippen molar-refractivity contribution in [2.45, 2.75) is 11.7 Å². The zero-order valence-electron chi connectivity index (χ0n) is 7.70. The van der Waals surface area contributed by atoms with Gasteiger partial charge in [0.25, 0.3) is 0 Å². The van der Waals surface area contributed by atoms with Crippen molar-refractivity contribution in [2.75, 3.05) is 18.8 Å². The van der Waals surface area contributed by atoms with Crippen molar-refractivity contribution in [1.29, 1.82) is 0 Å². The molecule has 1 unspecified atom stereocenters. The first-order valence-electron chi connectivity index (χ1n) is 4.84. The van der Waals surface area contributed by atoms with E-state index in [1.54, 1.807) is 0 Å². The summed E-state index contributed by atoms with van der Waals surface area (Å²) < 4.78 is 0. The van der Waals surface area contributed by atoms with Crippen molar-refractivity contribution >= 4 is 11.8 Å². The molecule has 1 fully saturated rings. The summed E-state index contributed by atoms with van der Waals surface area (Å²) in [5.74, 6) is 1.24. The quantitative estimate of drug-likeness (QED) is 0.735. The van der Waals surface area contributed by atoms with E-state index in [2.05, 4.69) is 47.4 Å². The second-order valence-corrected chi connectivity index (χ2v) is 4.62. The smallest absolute Gasteiger partial charge is 0.0309 e. The summed E-state index contributed by atoms with van der Waals surface area (Å²) in [5.41, 5.74) is 1.48. The van der Waals surface area contributed by atoms with Crippen LogP contribution < -0.4 is 5.32 Å². The van der Waals surface area contributed by atoms with E-state index in [0.29, 0.717) is 5.25 Å². The molecule has 0 spiro atoms. The molecule has 1 aromatic rings. The Kier molecular flexibility index (Phi) is 3.27. The fraction of sp³-hybridized carbons (Fsp3) is 0.455. The van der Waals surface area contributed by atoms with Crippen LogP contribution in [0.25, 0.3) is 0 Å². The van der Waals surface area contributed by atoms with Crippen LogP contribution in [0.15, 0.2) is 30.3 Å². The van der Waals surface area contributed by atoms with Crippen molar-refractivity contribution < 1.29 is 0 Å². The molecule has 0 radical (unpaired) electrons. The summed E-state index contributed by atoms with van der Waals surface area (Å²) >= 11 is 2.07. The number of rotatable bonds is 1. The van der Waals surface area contributed by atoms with Gasteiger partial charge < -0.3 is 5.32 Å². The Labute approximate surface area is 83.9 Å². The molecular formula is C11H15NS. The summed E-state index contributed by atoms with van der Waals surface area (Å²) in [7, 11) is 0. The van der Waals surface area contributed by atoms with E-state index in [4.69, 9.17) is 0 Å². The highest BCUT2D eigenvalue weighted by molar-refractivity contribution is 7.99. The van der Waals surface area contributed by atoms with Gasteiger partial charge in [-0.25, -0.2) is 0 Å². The van der Waals surface area contributed by atoms with Crippen LogP contribution in [0, 0.1) is 0 Å². The monoisotopic (exact) mass is 193 g/mol. The second kappa shape index (κ2) is 4.68. The zero-order chi connectivity index (χ0) is 8.93. The van der Waals surface area contributed by atoms with E-state index in [9.17, 15) is 0 Å². The van der Waals surface area contributed by atoms with Gasteiger partial charge in [-0.2, -0.15) is 11.8 Å². The van der Waals surface area contributed by atoms with Gasteiger partial charge in [-0.05, 0) is 18.5 Å². The van der Waals surface area contributed by atoms with E-state index in [1.165, 1.54) is 17.7 Å². The lowest BCUT2D eigenvalue weighted by Crippen LogP contribution is -2.15. The van der Waals surface area contributed by atoms with E-state index >= 15 is 0 Å². The van der Waals surface area contributed by atoms with Gasteiger partial charge in [0.05, 0.1) is 0 Å². The largest absolute Gasteiger partial charge is 0.316 e. The molecule has 1 heterocycles. The molecular weight excluding hydrogens is 178 g/mol. The molecule has 1 saturated heterocycles. The van der Waals surface area contributed by atoms with E-state index in [0.717, 1.165) is 13.1 Å². The van der Waals surface area contributed by atoms with Gasteiger partial charge in [0, 0.05) is 17.5 Å². The molecule has 0 saturated carbocycles. The lowest BCUT2D eigenvalue weighted by molar-refractivity contribution is 0.687. The standard InChI is InChI=1S/C11H15NS/c1-2-4-10(5-3-1)11-6-7-12-8-9-13-11/h1-5,11-12H,6-9H2. The van der Waals surface area contributed by atoms with Crippen LogP contribution in [0.2, 0.25) is 0 Å². The minimum Gasteiger partial charge on any atom is -0.316 e. The molecule has 0 aliphatic carbocycles. The molecule has 0 bridgehead atoms. The summed E-state index contributed by atoms with van der Waals surface area (Å²) in [6.07, 6.45) is 1.26. The molecule has 1 atom stereocenters. The van der Waals surface area contributed by atoms with Gasteiger partial charge in [0.2, 0.25) is 0 Å². The molecule has 1 aliphatic heterocycles. The Morgan fingerprint density at radius 2 is 2.00 bits per heavy atom. The maximum Gasteiger partial charge on any atom is 0.0309 e. The average Bonchev–Trinajstić information content (AvgIpc) is 2.47. The predicted molar refractivity (Wildman–Crippen MR) is 59.1 cm³/mol. The van der Waals surface area contributed by atoms with Gasteiger partial charge in [-0.3, -0.25) is 0 Å². The van der Waals surface area contributed by atoms with Crippen molar-refractivity contribution in [3.05, 3.63) is 35.9 Å². The molecule has 1 nitrogen and oxygen atoms in total. The van der Waals surface area contributed by atoms with Gasteiger partial charge in [-0.1, -0.05) is 30.3 Å². The molecule has 1 N–H and O–H groups in total. The summed E-state index contributed by atoms with van der Waals surface area (Å²) in [5, 5.41) is 4.13. The van der Waals surface area contributed by atoms with Crippen molar-refractivity contribution in [3.63, 3.8) is 0 Å². The highest BCUT2D eigenvalue weighted by atomic mass is 32.2. The topological polar surface area (TPSA) is 12.0 Å². The fourth-order valence-electron chi connectivity index (χ4n) is 1.65. The number of benzene rings is 1. The van der Waals surface area contributed by atoms with Gasteiger partial charge in [0.15, 0.2) is 0 Å². The first kappa shape index (κ1) is 9.10. The normalized spacial score (nSPS) is 23.8. The third kappa shape index (κ3) is 2.48. The van der Waals surface area contributed by atoms with E-state index in [-0.39, 0.29) is 0 Å². The first-order valence-corrected chi connectivity index (χ1v) is 5.89. The van der Waals surface area contributed by atoms with Crippen LogP contribution in [0.5, 0.6) is 0 Å². The molecule has 1 aliphatic rings. The second-order valence-electron chi connectivity index (χ2n) is 3.31. The molecule has 13 heavy (non-hydrogen) atoms. The van der Waals surface area contributed by atoms with Gasteiger partial charge in [-0.15, -0.1) is 0 Å². The maximum absolute atomic E-state index is 3.43. The SMILES string of the molecule is c1ccc(C2CCNCCS2)cc1. The van der Waals surface area contributed by atoms with E-state index < -0.39 is 0 Å². The number of thioether (sulfide) groups is 1. The third-order valence-electron chi connectivity index (χ3n) is 2.35. The van der Waals surface area contributed by atoms with Gasteiger partial charge in [0.1, 0.15) is 0 Å². The molecule has 70 valence electrons. The summed E-state index contributed by atoms with van der Waals surface area (Å²) in [6, 6.07) is 10.8. The van der Waals surface area contributed by atoms with Crippen LogP contribution in [0.4, 0.5) is 0 Å². The lowest BCUT2D eigenvalue weighted by Gasteiger charge is -2.12. The minimum absolute atomic E-state index is 0.705. The van der Waals surface area contributed by atoms with Crippen LogP contribution >= 0.6 is 11.8 Å². The highest BCUT2D eigenvalue weighted by Gasteiger charge is 2.13. The number of nitrogens with one attached hydrogen (secondary N) is 1. The Balaban J connectivity index is 2.06. The Hall–Kier alpha value is -0.470. The van der Waals surface area contributed by atoms with Crippen LogP contribution in [-0.4, -0.2) is 18.8 Å². The number of hydrogen-bond donors (Lipinski definition) is 1. The Morgan fingerprint density at radius 1 is 1.15 bits per heavy atom. The van der Waals surface area contributed by atoms with Crippen molar-refractivity contribution in [2.24, 2.45) is 0 Å². The Bertz CT molecular complexity index is 240. The van der Waals surface area contributed by atoms with E-state index in [1.807, 2.05) is 0 Å². The van der Waals surface area contributed by atoms with Crippen LogP contribution in [0.1, 0.15) is 17.2 Å². The summed E-state index contributed by atoms with van der Waals surface area (Å²) in [6.45, 7) is 2.32. The average molecular weight is 193 g/mol.